The second-order valence-corrected chi connectivity index (χ2v) is 10.1. The monoisotopic (exact) mass is 441 g/mol. The number of aromatic nitrogens is 2. The van der Waals surface area contributed by atoms with E-state index in [1.54, 1.807) is 0 Å². The van der Waals surface area contributed by atoms with Crippen LogP contribution in [0.2, 0.25) is 0 Å². The van der Waals surface area contributed by atoms with Gasteiger partial charge in [-0.25, -0.2) is 0 Å². The second kappa shape index (κ2) is 7.36. The molecule has 0 atom stereocenters. The maximum atomic E-state index is 4.31. The topological polar surface area (TPSA) is 16.8 Å². The molecule has 0 N–H and O–H groups in total. The normalized spacial score (nSPS) is 13.7. The molecule has 0 saturated carbocycles. The molecule has 0 aliphatic heterocycles. The Hall–Kier alpha value is -3.78. The van der Waals surface area contributed by atoms with Crippen LogP contribution in [0.1, 0.15) is 36.2 Å². The fourth-order valence-electron chi connectivity index (χ4n) is 5.73. The van der Waals surface area contributed by atoms with E-state index in [1.807, 2.05) is 18.5 Å². The summed E-state index contributed by atoms with van der Waals surface area (Å²) in [5.41, 5.74) is 13.0. The van der Waals surface area contributed by atoms with E-state index in [0.717, 1.165) is 5.56 Å². The highest BCUT2D eigenvalue weighted by molar-refractivity contribution is 5.97. The van der Waals surface area contributed by atoms with Crippen molar-refractivity contribution in [2.45, 2.75) is 33.1 Å². The van der Waals surface area contributed by atoms with Crippen LogP contribution in [0.15, 0.2) is 85.2 Å². The summed E-state index contributed by atoms with van der Waals surface area (Å²) >= 11 is 0. The second-order valence-electron chi connectivity index (χ2n) is 10.1. The Kier molecular flexibility index (Phi) is 4.50. The van der Waals surface area contributed by atoms with Crippen molar-refractivity contribution >= 4 is 10.8 Å². The van der Waals surface area contributed by atoms with Crippen molar-refractivity contribution in [1.29, 1.82) is 0 Å². The van der Waals surface area contributed by atoms with E-state index in [1.165, 1.54) is 61.1 Å². The average molecular weight is 442 g/mol. The lowest BCUT2D eigenvalue weighted by Crippen LogP contribution is -2.35. The summed E-state index contributed by atoms with van der Waals surface area (Å²) < 4.78 is 2.34. The van der Waals surface area contributed by atoms with Crippen molar-refractivity contribution in [3.63, 3.8) is 0 Å². The largest absolute Gasteiger partial charge is 0.264 e. The number of rotatable bonds is 2. The van der Waals surface area contributed by atoms with E-state index >= 15 is 0 Å². The van der Waals surface area contributed by atoms with Crippen molar-refractivity contribution in [1.82, 2.24) is 4.98 Å². The van der Waals surface area contributed by atoms with Gasteiger partial charge in [0.05, 0.1) is 10.9 Å². The van der Waals surface area contributed by atoms with Crippen LogP contribution >= 0.6 is 0 Å². The standard InChI is InChI=1S/C32H29N2/c1-20-15-28-26-10-6-7-11-29(26)32(3,4)30(28)18-27(20)31-25-13-12-22(23-9-8-14-33-19-23)17-24(25)16-21(2)34(31)5/h6-19H,1-5H3/q+1. The first-order valence-corrected chi connectivity index (χ1v) is 12.0. The van der Waals surface area contributed by atoms with E-state index in [0.29, 0.717) is 0 Å². The van der Waals surface area contributed by atoms with Gasteiger partial charge in [0.1, 0.15) is 7.05 Å². The van der Waals surface area contributed by atoms with Crippen molar-refractivity contribution < 1.29 is 4.57 Å². The van der Waals surface area contributed by atoms with Crippen LogP contribution in [-0.4, -0.2) is 4.98 Å². The first-order valence-electron chi connectivity index (χ1n) is 12.0. The van der Waals surface area contributed by atoms with Gasteiger partial charge in [-0.1, -0.05) is 56.3 Å². The third-order valence-corrected chi connectivity index (χ3v) is 7.71. The molecule has 0 fully saturated rings. The number of aryl methyl sites for hydroxylation is 2. The molecule has 5 aromatic rings. The minimum absolute atomic E-state index is 0.0138. The van der Waals surface area contributed by atoms with Crippen molar-refractivity contribution in [3.05, 3.63) is 108 Å². The number of hydrogen-bond acceptors (Lipinski definition) is 1. The first kappa shape index (κ1) is 20.8. The Labute approximate surface area is 201 Å². The Balaban J connectivity index is 1.60. The number of nitrogens with zero attached hydrogens (tertiary/aromatic N) is 2. The van der Waals surface area contributed by atoms with Crippen LogP contribution in [0.25, 0.3) is 44.3 Å². The van der Waals surface area contributed by atoms with Crippen molar-refractivity contribution in [2.75, 3.05) is 0 Å². The third kappa shape index (κ3) is 2.95. The molecular formula is C32H29N2+. The highest BCUT2D eigenvalue weighted by Crippen LogP contribution is 2.50. The summed E-state index contributed by atoms with van der Waals surface area (Å²) in [6.45, 7) is 9.15. The van der Waals surface area contributed by atoms with Gasteiger partial charge in [0, 0.05) is 36.4 Å². The van der Waals surface area contributed by atoms with Gasteiger partial charge in [-0.15, -0.1) is 0 Å². The van der Waals surface area contributed by atoms with Gasteiger partial charge in [0.25, 0.3) is 0 Å². The highest BCUT2D eigenvalue weighted by Gasteiger charge is 2.36. The van der Waals surface area contributed by atoms with Gasteiger partial charge in [0.15, 0.2) is 5.69 Å². The molecule has 2 heteroatoms. The zero-order valence-corrected chi connectivity index (χ0v) is 20.5. The number of benzene rings is 3. The van der Waals surface area contributed by atoms with Crippen LogP contribution in [0.3, 0.4) is 0 Å². The lowest BCUT2D eigenvalue weighted by atomic mass is 9.81. The maximum Gasteiger partial charge on any atom is 0.220 e. The van der Waals surface area contributed by atoms with Crippen LogP contribution in [0.4, 0.5) is 0 Å². The Morgan fingerprint density at radius 1 is 0.735 bits per heavy atom. The molecule has 34 heavy (non-hydrogen) atoms. The smallest absolute Gasteiger partial charge is 0.220 e. The summed E-state index contributed by atoms with van der Waals surface area (Å²) in [7, 11) is 2.19. The van der Waals surface area contributed by atoms with Crippen LogP contribution in [0, 0.1) is 13.8 Å². The van der Waals surface area contributed by atoms with E-state index < -0.39 is 0 Å². The molecule has 1 aliphatic carbocycles. The molecule has 1 aliphatic rings. The molecule has 0 amide bonds. The summed E-state index contributed by atoms with van der Waals surface area (Å²) in [6, 6.07) is 26.9. The Morgan fingerprint density at radius 3 is 2.35 bits per heavy atom. The summed E-state index contributed by atoms with van der Waals surface area (Å²) in [4.78, 5) is 4.31. The first-order chi connectivity index (χ1) is 16.4. The average Bonchev–Trinajstić information content (AvgIpc) is 3.06. The molecule has 0 radical (unpaired) electrons. The number of hydrogen-bond donors (Lipinski definition) is 0. The van der Waals surface area contributed by atoms with Gasteiger partial charge in [-0.3, -0.25) is 4.98 Å². The molecular weight excluding hydrogens is 412 g/mol. The lowest BCUT2D eigenvalue weighted by molar-refractivity contribution is -0.665. The molecule has 166 valence electrons. The summed E-state index contributed by atoms with van der Waals surface area (Å²) in [5, 5.41) is 2.53. The van der Waals surface area contributed by atoms with E-state index in [4.69, 9.17) is 0 Å². The third-order valence-electron chi connectivity index (χ3n) is 7.71. The predicted octanol–water partition coefficient (Wildman–Crippen LogP) is 7.32. The molecule has 6 rings (SSSR count). The molecule has 2 heterocycles. The molecule has 2 nitrogen and oxygen atoms in total. The molecule has 3 aromatic carbocycles. The Morgan fingerprint density at radius 2 is 1.56 bits per heavy atom. The minimum Gasteiger partial charge on any atom is -0.264 e. The molecule has 0 saturated heterocycles. The van der Waals surface area contributed by atoms with E-state index in [2.05, 4.69) is 111 Å². The van der Waals surface area contributed by atoms with E-state index in [-0.39, 0.29) is 5.41 Å². The minimum atomic E-state index is -0.0138. The van der Waals surface area contributed by atoms with Crippen LogP contribution in [-0.2, 0) is 12.5 Å². The quantitative estimate of drug-likeness (QED) is 0.262. The van der Waals surface area contributed by atoms with Crippen molar-refractivity contribution in [2.24, 2.45) is 7.05 Å². The van der Waals surface area contributed by atoms with E-state index in [9.17, 15) is 0 Å². The predicted molar refractivity (Wildman–Crippen MR) is 141 cm³/mol. The summed E-state index contributed by atoms with van der Waals surface area (Å²) in [6.07, 6.45) is 3.76. The van der Waals surface area contributed by atoms with Gasteiger partial charge in [0.2, 0.25) is 5.69 Å². The molecule has 0 spiro atoms. The molecule has 0 unspecified atom stereocenters. The fraction of sp³-hybridized carbons (Fsp3) is 0.188. The van der Waals surface area contributed by atoms with Gasteiger partial charge >= 0.3 is 0 Å². The van der Waals surface area contributed by atoms with Gasteiger partial charge in [-0.2, -0.15) is 4.57 Å². The number of fused-ring (bicyclic) bond motifs is 4. The lowest BCUT2D eigenvalue weighted by Gasteiger charge is -2.22. The number of pyridine rings is 2. The van der Waals surface area contributed by atoms with Crippen LogP contribution < -0.4 is 4.57 Å². The van der Waals surface area contributed by atoms with Gasteiger partial charge < -0.3 is 0 Å². The molecule has 0 bridgehead atoms. The van der Waals surface area contributed by atoms with Crippen LogP contribution in [0.5, 0.6) is 0 Å². The maximum absolute atomic E-state index is 4.31. The zero-order chi connectivity index (χ0) is 23.6. The van der Waals surface area contributed by atoms with Crippen molar-refractivity contribution in [3.8, 4) is 33.5 Å². The Bertz CT molecular complexity index is 1590. The summed E-state index contributed by atoms with van der Waals surface area (Å²) in [5.74, 6) is 0. The fourth-order valence-corrected chi connectivity index (χ4v) is 5.73. The highest BCUT2D eigenvalue weighted by atomic mass is 14.9. The van der Waals surface area contributed by atoms with Gasteiger partial charge in [-0.05, 0) is 70.0 Å². The molecule has 2 aromatic heterocycles. The zero-order valence-electron chi connectivity index (χ0n) is 20.5. The SMILES string of the molecule is Cc1cc2c(cc1-c1c3ccc(-c4cccnc4)cc3cc(C)[n+]1C)C(C)(C)c1ccccc1-2.